The van der Waals surface area contributed by atoms with Gasteiger partial charge < -0.3 is 0 Å². The van der Waals surface area contributed by atoms with Gasteiger partial charge in [-0.05, 0) is 40.2 Å². The van der Waals surface area contributed by atoms with Crippen LogP contribution < -0.4 is 0 Å². The van der Waals surface area contributed by atoms with Gasteiger partial charge in [0.15, 0.2) is 0 Å². The van der Waals surface area contributed by atoms with Gasteiger partial charge in [0.2, 0.25) is 0 Å². The van der Waals surface area contributed by atoms with E-state index < -0.39 is 0 Å². The van der Waals surface area contributed by atoms with Crippen molar-refractivity contribution in [3.8, 4) is 11.3 Å². The standard InChI is InChI=1S/C23H33N/c1-21(2,3)17-12-10-11-16(13-17)19-14-18(22(4,5)6)15-20(24-19)23(7,8)9/h10-15H,1-9H3. The van der Waals surface area contributed by atoms with Crippen molar-refractivity contribution in [2.45, 2.75) is 78.6 Å². The summed E-state index contributed by atoms with van der Waals surface area (Å²) in [5.41, 5.74) is 6.43. The predicted octanol–water partition coefficient (Wildman–Crippen LogP) is 6.64. The molecule has 0 aliphatic heterocycles. The Morgan fingerprint density at radius 1 is 0.625 bits per heavy atom. The van der Waals surface area contributed by atoms with E-state index in [9.17, 15) is 0 Å². The van der Waals surface area contributed by atoms with Crippen LogP contribution in [0.2, 0.25) is 0 Å². The highest BCUT2D eigenvalue weighted by molar-refractivity contribution is 5.62. The topological polar surface area (TPSA) is 12.9 Å². The molecule has 2 rings (SSSR count). The fourth-order valence-corrected chi connectivity index (χ4v) is 2.64. The Hall–Kier alpha value is -1.63. The van der Waals surface area contributed by atoms with E-state index in [0.29, 0.717) is 0 Å². The Morgan fingerprint density at radius 2 is 1.21 bits per heavy atom. The van der Waals surface area contributed by atoms with Crippen LogP contribution in [0.3, 0.4) is 0 Å². The van der Waals surface area contributed by atoms with Crippen LogP contribution in [-0.4, -0.2) is 4.98 Å². The van der Waals surface area contributed by atoms with Crippen LogP contribution in [0.4, 0.5) is 0 Å². The lowest BCUT2D eigenvalue weighted by atomic mass is 9.82. The zero-order chi connectivity index (χ0) is 18.3. The van der Waals surface area contributed by atoms with Gasteiger partial charge in [-0.2, -0.15) is 0 Å². The number of pyridine rings is 1. The molecule has 24 heavy (non-hydrogen) atoms. The summed E-state index contributed by atoms with van der Waals surface area (Å²) in [6.07, 6.45) is 0. The Morgan fingerprint density at radius 3 is 1.71 bits per heavy atom. The molecule has 0 unspecified atom stereocenters. The summed E-state index contributed by atoms with van der Waals surface area (Å²) in [4.78, 5) is 5.01. The molecule has 0 atom stereocenters. The van der Waals surface area contributed by atoms with Crippen molar-refractivity contribution < 1.29 is 0 Å². The van der Waals surface area contributed by atoms with E-state index in [1.54, 1.807) is 0 Å². The van der Waals surface area contributed by atoms with Gasteiger partial charge in [0.1, 0.15) is 0 Å². The number of hydrogen-bond donors (Lipinski definition) is 0. The van der Waals surface area contributed by atoms with Crippen molar-refractivity contribution >= 4 is 0 Å². The molecular weight excluding hydrogens is 290 g/mol. The first-order valence-electron chi connectivity index (χ1n) is 8.92. The van der Waals surface area contributed by atoms with Crippen LogP contribution in [0.1, 0.15) is 79.1 Å². The van der Waals surface area contributed by atoms with Crippen LogP contribution in [0.15, 0.2) is 36.4 Å². The Labute approximate surface area is 148 Å². The van der Waals surface area contributed by atoms with E-state index in [0.717, 1.165) is 11.4 Å². The Balaban J connectivity index is 2.66. The predicted molar refractivity (Wildman–Crippen MR) is 106 cm³/mol. The lowest BCUT2D eigenvalue weighted by Crippen LogP contribution is -2.18. The molecule has 0 amide bonds. The second kappa shape index (κ2) is 6.02. The largest absolute Gasteiger partial charge is 0.252 e. The first kappa shape index (κ1) is 18.7. The summed E-state index contributed by atoms with van der Waals surface area (Å²) in [6, 6.07) is 13.4. The number of hydrogen-bond acceptors (Lipinski definition) is 1. The van der Waals surface area contributed by atoms with Crippen molar-refractivity contribution in [3.63, 3.8) is 0 Å². The summed E-state index contributed by atoms with van der Waals surface area (Å²) in [6.45, 7) is 20.3. The van der Waals surface area contributed by atoms with E-state index in [4.69, 9.17) is 4.98 Å². The zero-order valence-electron chi connectivity index (χ0n) is 16.9. The van der Waals surface area contributed by atoms with E-state index >= 15 is 0 Å². The van der Waals surface area contributed by atoms with Gasteiger partial charge in [0, 0.05) is 16.7 Å². The highest BCUT2D eigenvalue weighted by Crippen LogP contribution is 2.33. The van der Waals surface area contributed by atoms with Crippen molar-refractivity contribution in [1.29, 1.82) is 0 Å². The minimum atomic E-state index is 0.0393. The average molecular weight is 324 g/mol. The van der Waals surface area contributed by atoms with E-state index in [1.165, 1.54) is 16.7 Å². The van der Waals surface area contributed by atoms with Gasteiger partial charge in [-0.15, -0.1) is 0 Å². The molecule has 0 aliphatic carbocycles. The van der Waals surface area contributed by atoms with Crippen molar-refractivity contribution in [1.82, 2.24) is 4.98 Å². The fourth-order valence-electron chi connectivity index (χ4n) is 2.64. The number of rotatable bonds is 1. The third-order valence-electron chi connectivity index (χ3n) is 4.48. The molecule has 0 saturated heterocycles. The van der Waals surface area contributed by atoms with Crippen LogP contribution in [0.25, 0.3) is 11.3 Å². The van der Waals surface area contributed by atoms with Crippen LogP contribution in [0.5, 0.6) is 0 Å². The molecule has 0 N–H and O–H groups in total. The summed E-state index contributed by atoms with van der Waals surface area (Å²) in [7, 11) is 0. The van der Waals surface area contributed by atoms with Crippen molar-refractivity contribution in [2.24, 2.45) is 0 Å². The first-order chi connectivity index (χ1) is 10.8. The lowest BCUT2D eigenvalue weighted by molar-refractivity contribution is 0.553. The zero-order valence-corrected chi connectivity index (χ0v) is 16.9. The molecule has 0 saturated carbocycles. The summed E-state index contributed by atoms with van der Waals surface area (Å²) in [5.74, 6) is 0. The van der Waals surface area contributed by atoms with Crippen LogP contribution in [0, 0.1) is 0 Å². The summed E-state index contributed by atoms with van der Waals surface area (Å²) in [5, 5.41) is 0. The van der Waals surface area contributed by atoms with E-state index in [1.807, 2.05) is 0 Å². The maximum Gasteiger partial charge on any atom is 0.0708 e. The molecule has 1 nitrogen and oxygen atoms in total. The molecule has 0 spiro atoms. The molecular formula is C23H33N. The third-order valence-corrected chi connectivity index (χ3v) is 4.48. The SMILES string of the molecule is CC(C)(C)c1cccc(-c2cc(C(C)(C)C)cc(C(C)(C)C)n2)c1. The fraction of sp³-hybridized carbons (Fsp3) is 0.522. The summed E-state index contributed by atoms with van der Waals surface area (Å²) < 4.78 is 0. The minimum Gasteiger partial charge on any atom is -0.252 e. The van der Waals surface area contributed by atoms with Gasteiger partial charge in [-0.3, -0.25) is 4.98 Å². The molecule has 0 bridgehead atoms. The van der Waals surface area contributed by atoms with Crippen LogP contribution in [-0.2, 0) is 16.2 Å². The monoisotopic (exact) mass is 323 g/mol. The average Bonchev–Trinajstić information content (AvgIpc) is 2.44. The second-order valence-corrected chi connectivity index (χ2v) is 9.96. The molecule has 2 aromatic rings. The highest BCUT2D eigenvalue weighted by Gasteiger charge is 2.22. The quantitative estimate of drug-likeness (QED) is 0.573. The summed E-state index contributed by atoms with van der Waals surface area (Å²) >= 11 is 0. The molecule has 1 heteroatoms. The third kappa shape index (κ3) is 4.26. The number of aromatic nitrogens is 1. The van der Waals surface area contributed by atoms with Gasteiger partial charge in [-0.25, -0.2) is 0 Å². The van der Waals surface area contributed by atoms with Crippen LogP contribution >= 0.6 is 0 Å². The maximum absolute atomic E-state index is 5.01. The second-order valence-electron chi connectivity index (χ2n) is 9.96. The van der Waals surface area contributed by atoms with Crippen molar-refractivity contribution in [3.05, 3.63) is 53.2 Å². The molecule has 1 aromatic carbocycles. The van der Waals surface area contributed by atoms with Gasteiger partial charge in [-0.1, -0.05) is 80.5 Å². The molecule has 0 fully saturated rings. The molecule has 130 valence electrons. The van der Waals surface area contributed by atoms with E-state index in [2.05, 4.69) is 98.7 Å². The highest BCUT2D eigenvalue weighted by atomic mass is 14.7. The minimum absolute atomic E-state index is 0.0393. The molecule has 1 heterocycles. The van der Waals surface area contributed by atoms with Gasteiger partial charge in [0.25, 0.3) is 0 Å². The van der Waals surface area contributed by atoms with Crippen molar-refractivity contribution in [2.75, 3.05) is 0 Å². The first-order valence-corrected chi connectivity index (χ1v) is 8.92. The van der Waals surface area contributed by atoms with Gasteiger partial charge >= 0.3 is 0 Å². The normalized spacial score (nSPS) is 13.2. The van der Waals surface area contributed by atoms with E-state index in [-0.39, 0.29) is 16.2 Å². The molecule has 0 aliphatic rings. The lowest BCUT2D eigenvalue weighted by Gasteiger charge is -2.26. The maximum atomic E-state index is 5.01. The molecule has 0 radical (unpaired) electrons. The smallest absolute Gasteiger partial charge is 0.0708 e. The number of nitrogens with zero attached hydrogens (tertiary/aromatic N) is 1. The van der Waals surface area contributed by atoms with Gasteiger partial charge in [0.05, 0.1) is 5.69 Å². The Bertz CT molecular complexity index is 687. The number of benzene rings is 1. The Kier molecular flexibility index (Phi) is 4.69. The molecule has 1 aromatic heterocycles.